The van der Waals surface area contributed by atoms with Crippen LogP contribution in [-0.4, -0.2) is 63.2 Å². The molecule has 0 unspecified atom stereocenters. The Bertz CT molecular complexity index is 1550. The maximum absolute atomic E-state index is 15.0. The first kappa shape index (κ1) is 26.8. The first-order valence-electron chi connectivity index (χ1n) is 13.2. The van der Waals surface area contributed by atoms with E-state index in [0.717, 1.165) is 24.3 Å². The first-order chi connectivity index (χ1) is 19.8. The number of nitrogens with two attached hydrogens (primary N) is 1. The lowest BCUT2D eigenvalue weighted by atomic mass is 9.90. The van der Waals surface area contributed by atoms with E-state index < -0.39 is 34.6 Å². The van der Waals surface area contributed by atoms with Crippen LogP contribution in [0.4, 0.5) is 24.5 Å². The van der Waals surface area contributed by atoms with E-state index in [1.165, 1.54) is 6.20 Å². The molecule has 0 bridgehead atoms. The number of piperidine rings is 1. The number of hydrogen-bond donors (Lipinski definition) is 2. The topological polar surface area (TPSA) is 124 Å². The Hall–Kier alpha value is -4.36. The average molecular weight is 565 g/mol. The number of nitrogens with one attached hydrogen (secondary N) is 1. The maximum Gasteiger partial charge on any atom is 0.274 e. The molecule has 0 saturated carbocycles. The Labute approximate surface area is 233 Å². The summed E-state index contributed by atoms with van der Waals surface area (Å²) >= 11 is 0. The maximum atomic E-state index is 15.0. The molecule has 0 aliphatic carbocycles. The third kappa shape index (κ3) is 5.13. The van der Waals surface area contributed by atoms with Crippen LogP contribution in [0.2, 0.25) is 0 Å². The van der Waals surface area contributed by atoms with Gasteiger partial charge in [0.05, 0.1) is 48.6 Å². The molecule has 0 radical (unpaired) electrons. The molecule has 2 fully saturated rings. The monoisotopic (exact) mass is 564 g/mol. The van der Waals surface area contributed by atoms with Crippen molar-refractivity contribution < 1.29 is 22.7 Å². The predicted octanol–water partition coefficient (Wildman–Crippen LogP) is 3.54. The lowest BCUT2D eigenvalue weighted by Crippen LogP contribution is -2.53. The van der Waals surface area contributed by atoms with Crippen LogP contribution in [0, 0.1) is 23.4 Å². The number of halogens is 3. The Kier molecular flexibility index (Phi) is 7.14. The van der Waals surface area contributed by atoms with Gasteiger partial charge in [0.15, 0.2) is 0 Å². The van der Waals surface area contributed by atoms with E-state index >= 15 is 0 Å². The van der Waals surface area contributed by atoms with Gasteiger partial charge in [-0.2, -0.15) is 0 Å². The normalized spacial score (nSPS) is 21.0. The van der Waals surface area contributed by atoms with Gasteiger partial charge in [0.2, 0.25) is 0 Å². The molecule has 1 aromatic carbocycles. The number of anilines is 2. The number of hydrogen-bond acceptors (Lipinski definition) is 8. The Morgan fingerprint density at radius 2 is 1.85 bits per heavy atom. The molecule has 2 aliphatic rings. The summed E-state index contributed by atoms with van der Waals surface area (Å²) in [7, 11) is 0. The van der Waals surface area contributed by atoms with Gasteiger partial charge in [0.1, 0.15) is 28.8 Å². The number of aromatic nitrogens is 5. The fraction of sp³-hybridized carbons (Fsp3) is 0.321. The van der Waals surface area contributed by atoms with Crippen molar-refractivity contribution in [1.29, 1.82) is 0 Å². The van der Waals surface area contributed by atoms with E-state index in [2.05, 4.69) is 32.5 Å². The molecule has 41 heavy (non-hydrogen) atoms. The largest absolute Gasteiger partial charge is 0.380 e. The Morgan fingerprint density at radius 1 is 1.07 bits per heavy atom. The Balaban J connectivity index is 1.24. The summed E-state index contributed by atoms with van der Waals surface area (Å²) in [5.74, 6) is -3.61. The summed E-state index contributed by atoms with van der Waals surface area (Å²) in [6, 6.07) is 5.86. The van der Waals surface area contributed by atoms with E-state index in [4.69, 9.17) is 10.5 Å². The van der Waals surface area contributed by atoms with E-state index in [-0.39, 0.29) is 29.6 Å². The van der Waals surface area contributed by atoms with E-state index in [9.17, 15) is 18.0 Å². The molecule has 5 heterocycles. The molecule has 3 N–H and O–H groups in total. The summed E-state index contributed by atoms with van der Waals surface area (Å²) in [4.78, 5) is 23.4. The number of carbonyl (C=O) groups excluding carboxylic acids is 1. The summed E-state index contributed by atoms with van der Waals surface area (Å²) < 4.78 is 51.6. The van der Waals surface area contributed by atoms with Gasteiger partial charge in [-0.1, -0.05) is 12.1 Å². The van der Waals surface area contributed by atoms with Gasteiger partial charge in [-0.15, -0.1) is 5.10 Å². The first-order valence-corrected chi connectivity index (χ1v) is 13.2. The van der Waals surface area contributed by atoms with Crippen LogP contribution in [0.3, 0.4) is 0 Å². The van der Waals surface area contributed by atoms with Crippen LogP contribution in [0.15, 0.2) is 55.1 Å². The number of pyridine rings is 2. The van der Waals surface area contributed by atoms with Gasteiger partial charge in [0, 0.05) is 37.4 Å². The zero-order valence-corrected chi connectivity index (χ0v) is 22.0. The SMILES string of the molecule is C[C@H]1CN(c2ccncc2NC(=O)c2ccc(F)c(-c3c(F)cc(C4COC4)cc3F)n2)C[C@@H](N)[C@H]1n1ccnn1. The second-order valence-electron chi connectivity index (χ2n) is 10.4. The van der Waals surface area contributed by atoms with Crippen molar-refractivity contribution in [2.45, 2.75) is 24.9 Å². The molecule has 6 rings (SSSR count). The quantitative estimate of drug-likeness (QED) is 0.365. The summed E-state index contributed by atoms with van der Waals surface area (Å²) in [5, 5.41) is 10.8. The number of benzene rings is 1. The zero-order valence-electron chi connectivity index (χ0n) is 22.0. The van der Waals surface area contributed by atoms with Gasteiger partial charge in [-0.25, -0.2) is 22.8 Å². The molecule has 212 valence electrons. The summed E-state index contributed by atoms with van der Waals surface area (Å²) in [6.45, 7) is 3.88. The predicted molar refractivity (Wildman–Crippen MR) is 144 cm³/mol. The number of amides is 1. The van der Waals surface area contributed by atoms with Crippen molar-refractivity contribution in [2.75, 3.05) is 36.5 Å². The highest BCUT2D eigenvalue weighted by molar-refractivity contribution is 6.04. The standard InChI is InChI=1S/C28H27F3N8O2/c1-15-11-38(12-21(32)27(15)39-7-6-34-37-39)24-4-5-33-10-23(24)36-28(40)22-3-2-18(29)26(35-22)25-19(30)8-16(9-20(25)31)17-13-41-14-17/h2-10,15,17,21,27H,11-14,32H2,1H3,(H,36,40)/t15-,21+,27-/m0/s1. The fourth-order valence-corrected chi connectivity index (χ4v) is 5.52. The molecule has 10 nitrogen and oxygen atoms in total. The van der Waals surface area contributed by atoms with E-state index in [1.54, 1.807) is 29.3 Å². The minimum Gasteiger partial charge on any atom is -0.380 e. The molecule has 0 spiro atoms. The van der Waals surface area contributed by atoms with Gasteiger partial charge < -0.3 is 20.7 Å². The molecule has 1 amide bonds. The molecule has 13 heteroatoms. The molecular weight excluding hydrogens is 537 g/mol. The van der Waals surface area contributed by atoms with Crippen molar-refractivity contribution in [2.24, 2.45) is 11.7 Å². The van der Waals surface area contributed by atoms with Crippen molar-refractivity contribution in [3.05, 3.63) is 83.8 Å². The number of ether oxygens (including phenoxy) is 1. The van der Waals surface area contributed by atoms with Crippen LogP contribution in [-0.2, 0) is 4.74 Å². The minimum atomic E-state index is -0.967. The van der Waals surface area contributed by atoms with E-state index in [0.29, 0.717) is 43.2 Å². The molecule has 3 atom stereocenters. The second kappa shape index (κ2) is 10.9. The highest BCUT2D eigenvalue weighted by Crippen LogP contribution is 2.35. The Morgan fingerprint density at radius 3 is 2.51 bits per heavy atom. The van der Waals surface area contributed by atoms with Crippen molar-refractivity contribution in [3.63, 3.8) is 0 Å². The second-order valence-corrected chi connectivity index (χ2v) is 10.4. The van der Waals surface area contributed by atoms with Gasteiger partial charge in [-0.3, -0.25) is 9.78 Å². The van der Waals surface area contributed by atoms with Crippen LogP contribution >= 0.6 is 0 Å². The zero-order chi connectivity index (χ0) is 28.7. The number of carbonyl (C=O) groups is 1. The van der Waals surface area contributed by atoms with Crippen LogP contribution in [0.1, 0.15) is 34.9 Å². The van der Waals surface area contributed by atoms with Crippen molar-refractivity contribution >= 4 is 17.3 Å². The molecule has 2 saturated heterocycles. The lowest BCUT2D eigenvalue weighted by Gasteiger charge is -2.42. The number of nitrogens with zero attached hydrogens (tertiary/aromatic N) is 6. The molecule has 4 aromatic rings. The van der Waals surface area contributed by atoms with Crippen molar-refractivity contribution in [3.8, 4) is 11.3 Å². The highest BCUT2D eigenvalue weighted by Gasteiger charge is 2.35. The van der Waals surface area contributed by atoms with Gasteiger partial charge >= 0.3 is 0 Å². The lowest BCUT2D eigenvalue weighted by molar-refractivity contribution is 0.00822. The third-order valence-corrected chi connectivity index (χ3v) is 7.58. The minimum absolute atomic E-state index is 0.0487. The number of rotatable bonds is 6. The average Bonchev–Trinajstić information content (AvgIpc) is 3.42. The summed E-state index contributed by atoms with van der Waals surface area (Å²) in [6.07, 6.45) is 6.48. The third-order valence-electron chi connectivity index (χ3n) is 7.58. The van der Waals surface area contributed by atoms with Crippen LogP contribution in [0.25, 0.3) is 11.3 Å². The highest BCUT2D eigenvalue weighted by atomic mass is 19.1. The van der Waals surface area contributed by atoms with E-state index in [1.807, 2.05) is 4.90 Å². The fourth-order valence-electron chi connectivity index (χ4n) is 5.52. The van der Waals surface area contributed by atoms with Gasteiger partial charge in [0.25, 0.3) is 5.91 Å². The summed E-state index contributed by atoms with van der Waals surface area (Å²) in [5.41, 5.74) is 6.57. The van der Waals surface area contributed by atoms with Gasteiger partial charge in [-0.05, 0) is 41.8 Å². The van der Waals surface area contributed by atoms with Crippen molar-refractivity contribution in [1.82, 2.24) is 25.0 Å². The van der Waals surface area contributed by atoms with Crippen LogP contribution in [0.5, 0.6) is 0 Å². The smallest absolute Gasteiger partial charge is 0.274 e. The molecule has 3 aromatic heterocycles. The molecular formula is C28H27F3N8O2. The van der Waals surface area contributed by atoms with Crippen LogP contribution < -0.4 is 16.0 Å². The molecule has 2 aliphatic heterocycles.